The van der Waals surface area contributed by atoms with E-state index in [4.69, 9.17) is 13.3 Å². The molecular weight excluding hydrogens is 267 g/mol. The van der Waals surface area contributed by atoms with Crippen LogP contribution >= 0.6 is 9.24 Å². The van der Waals surface area contributed by atoms with E-state index in [0.717, 1.165) is 34.2 Å². The van der Waals surface area contributed by atoms with Gasteiger partial charge in [0.15, 0.2) is 0 Å². The predicted octanol–water partition coefficient (Wildman–Crippen LogP) is 2.84. The molecule has 0 bridgehead atoms. The topological polar surface area (TPSA) is 27.7 Å². The van der Waals surface area contributed by atoms with Gasteiger partial charge in [-0.3, -0.25) is 0 Å². The van der Waals surface area contributed by atoms with E-state index in [0.29, 0.717) is 13.2 Å². The van der Waals surface area contributed by atoms with Crippen molar-refractivity contribution in [1.82, 2.24) is 0 Å². The van der Waals surface area contributed by atoms with Crippen molar-refractivity contribution in [2.45, 2.75) is 51.9 Å². The molecule has 0 aromatic carbocycles. The standard InChI is InChI=1S/C11H27O3PSi2/c1-5-12-17(13-6-2,10-9-16-4)14-11(3)7-8-15/h11H,5-10,15H2,1-4H3. The summed E-state index contributed by atoms with van der Waals surface area (Å²) in [7, 11) is 1.25. The molecule has 17 heavy (non-hydrogen) atoms. The van der Waals surface area contributed by atoms with Crippen molar-refractivity contribution in [2.24, 2.45) is 0 Å². The molecule has 0 amide bonds. The summed E-state index contributed by atoms with van der Waals surface area (Å²) in [4.78, 5) is 0. The highest BCUT2D eigenvalue weighted by molar-refractivity contribution is 7.16. The summed E-state index contributed by atoms with van der Waals surface area (Å²) in [6.45, 7) is 9.69. The first-order chi connectivity index (χ1) is 8.14. The SMILES string of the molecule is CCO[Si](CC[Si]C)(OCC)OC(C)CCP. The van der Waals surface area contributed by atoms with Crippen LogP contribution in [0.3, 0.4) is 0 Å². The largest absolute Gasteiger partial charge is 0.500 e. The molecule has 0 aliphatic rings. The first-order valence-corrected chi connectivity index (χ1v) is 10.9. The Morgan fingerprint density at radius 1 is 1.24 bits per heavy atom. The third kappa shape index (κ3) is 7.70. The van der Waals surface area contributed by atoms with Gasteiger partial charge in [-0.15, -0.1) is 9.24 Å². The van der Waals surface area contributed by atoms with Gasteiger partial charge in [-0.05, 0) is 33.4 Å². The molecule has 6 heteroatoms. The average Bonchev–Trinajstić information content (AvgIpc) is 2.27. The maximum Gasteiger partial charge on any atom is 0.500 e. The Morgan fingerprint density at radius 3 is 2.24 bits per heavy atom. The molecule has 102 valence electrons. The van der Waals surface area contributed by atoms with E-state index >= 15 is 0 Å². The third-order valence-corrected chi connectivity index (χ3v) is 7.03. The fourth-order valence-electron chi connectivity index (χ4n) is 1.63. The molecule has 3 nitrogen and oxygen atoms in total. The lowest BCUT2D eigenvalue weighted by atomic mass is 10.3. The van der Waals surface area contributed by atoms with Gasteiger partial charge in [0.05, 0.1) is 0 Å². The Morgan fingerprint density at radius 2 is 1.82 bits per heavy atom. The quantitative estimate of drug-likeness (QED) is 0.433. The molecule has 0 spiro atoms. The summed E-state index contributed by atoms with van der Waals surface area (Å²) < 4.78 is 17.9. The van der Waals surface area contributed by atoms with Gasteiger partial charge in [-0.1, -0.05) is 12.6 Å². The van der Waals surface area contributed by atoms with E-state index in [2.05, 4.69) is 22.7 Å². The summed E-state index contributed by atoms with van der Waals surface area (Å²) in [5, 5.41) is 0. The van der Waals surface area contributed by atoms with E-state index in [1.54, 1.807) is 0 Å². The van der Waals surface area contributed by atoms with Crippen molar-refractivity contribution < 1.29 is 13.3 Å². The minimum absolute atomic E-state index is 0.220. The average molecular weight is 294 g/mol. The van der Waals surface area contributed by atoms with Crippen molar-refractivity contribution in [3.63, 3.8) is 0 Å². The van der Waals surface area contributed by atoms with E-state index in [-0.39, 0.29) is 6.10 Å². The van der Waals surface area contributed by atoms with Crippen molar-refractivity contribution in [1.29, 1.82) is 0 Å². The van der Waals surface area contributed by atoms with Gasteiger partial charge in [0.1, 0.15) is 0 Å². The highest BCUT2D eigenvalue weighted by Crippen LogP contribution is 2.21. The van der Waals surface area contributed by atoms with E-state index in [1.165, 1.54) is 0 Å². The van der Waals surface area contributed by atoms with Gasteiger partial charge in [-0.25, -0.2) is 0 Å². The molecular formula is C11H27O3PSi2. The van der Waals surface area contributed by atoms with Gasteiger partial charge < -0.3 is 13.3 Å². The van der Waals surface area contributed by atoms with E-state index in [1.807, 2.05) is 13.8 Å². The Bertz CT molecular complexity index is 178. The van der Waals surface area contributed by atoms with Crippen molar-refractivity contribution in [2.75, 3.05) is 19.4 Å². The summed E-state index contributed by atoms with van der Waals surface area (Å²) in [5.74, 6) is 0. The molecule has 0 saturated carbocycles. The van der Waals surface area contributed by atoms with Crippen LogP contribution < -0.4 is 0 Å². The van der Waals surface area contributed by atoms with Crippen molar-refractivity contribution >= 4 is 27.6 Å². The lowest BCUT2D eigenvalue weighted by Crippen LogP contribution is -2.48. The van der Waals surface area contributed by atoms with E-state index in [9.17, 15) is 0 Å². The zero-order valence-electron chi connectivity index (χ0n) is 11.6. The number of rotatable bonds is 11. The molecule has 0 saturated heterocycles. The lowest BCUT2D eigenvalue weighted by Gasteiger charge is -2.31. The molecule has 0 rings (SSSR count). The van der Waals surface area contributed by atoms with Crippen LogP contribution in [0.2, 0.25) is 18.6 Å². The Labute approximate surface area is 112 Å². The molecule has 0 aromatic rings. The third-order valence-electron chi connectivity index (χ3n) is 2.36. The second kappa shape index (κ2) is 10.6. The monoisotopic (exact) mass is 294 g/mol. The zero-order valence-corrected chi connectivity index (χ0v) is 14.8. The highest BCUT2D eigenvalue weighted by Gasteiger charge is 2.41. The van der Waals surface area contributed by atoms with Crippen LogP contribution in [0.15, 0.2) is 0 Å². The van der Waals surface area contributed by atoms with Gasteiger partial charge in [0.2, 0.25) is 0 Å². The number of hydrogen-bond donors (Lipinski definition) is 0. The molecule has 0 aliphatic heterocycles. The molecule has 0 heterocycles. The Hall–Kier alpha value is 0.744. The van der Waals surface area contributed by atoms with E-state index < -0.39 is 8.80 Å². The summed E-state index contributed by atoms with van der Waals surface area (Å²) in [6, 6.07) is 2.09. The summed E-state index contributed by atoms with van der Waals surface area (Å²) >= 11 is 0. The Balaban J connectivity index is 4.50. The van der Waals surface area contributed by atoms with Crippen LogP contribution in [0.25, 0.3) is 0 Å². The number of hydrogen-bond acceptors (Lipinski definition) is 3. The molecule has 2 atom stereocenters. The van der Waals surface area contributed by atoms with Gasteiger partial charge in [-0.2, -0.15) is 0 Å². The van der Waals surface area contributed by atoms with Gasteiger partial charge in [0, 0.05) is 34.9 Å². The molecule has 0 fully saturated rings. The van der Waals surface area contributed by atoms with Crippen LogP contribution in [0, 0.1) is 0 Å². The first kappa shape index (κ1) is 17.7. The van der Waals surface area contributed by atoms with Crippen molar-refractivity contribution in [3.05, 3.63) is 0 Å². The second-order valence-corrected chi connectivity index (χ2v) is 8.37. The molecule has 2 radical (unpaired) electrons. The summed E-state index contributed by atoms with van der Waals surface area (Å²) in [6.07, 6.45) is 2.31. The molecule has 0 N–H and O–H groups in total. The maximum absolute atomic E-state index is 6.15. The normalized spacial score (nSPS) is 13.9. The molecule has 0 aliphatic carbocycles. The fraction of sp³-hybridized carbons (Fsp3) is 1.00. The van der Waals surface area contributed by atoms with Gasteiger partial charge >= 0.3 is 8.80 Å². The molecule has 0 aromatic heterocycles. The van der Waals surface area contributed by atoms with Gasteiger partial charge in [0.25, 0.3) is 0 Å². The Kier molecular flexibility index (Phi) is 11.1. The minimum atomic E-state index is -2.42. The van der Waals surface area contributed by atoms with Crippen LogP contribution in [0.4, 0.5) is 0 Å². The molecule has 2 unspecified atom stereocenters. The highest BCUT2D eigenvalue weighted by atomic mass is 31.0. The van der Waals surface area contributed by atoms with Crippen molar-refractivity contribution in [3.8, 4) is 0 Å². The predicted molar refractivity (Wildman–Crippen MR) is 80.0 cm³/mol. The minimum Gasteiger partial charge on any atom is -0.374 e. The maximum atomic E-state index is 6.15. The lowest BCUT2D eigenvalue weighted by molar-refractivity contribution is 0.0386. The zero-order chi connectivity index (χ0) is 13.1. The summed E-state index contributed by atoms with van der Waals surface area (Å²) in [5.41, 5.74) is 0. The second-order valence-electron chi connectivity index (χ2n) is 3.91. The van der Waals surface area contributed by atoms with Crippen LogP contribution in [0.1, 0.15) is 27.2 Å². The van der Waals surface area contributed by atoms with Crippen LogP contribution in [0.5, 0.6) is 0 Å². The smallest absolute Gasteiger partial charge is 0.374 e. The van der Waals surface area contributed by atoms with Crippen LogP contribution in [-0.4, -0.2) is 43.8 Å². The fourth-order valence-corrected chi connectivity index (χ4v) is 6.56. The first-order valence-electron chi connectivity index (χ1n) is 6.44. The van der Waals surface area contributed by atoms with Crippen LogP contribution in [-0.2, 0) is 13.3 Å².